The zero-order chi connectivity index (χ0) is 31.3. The van der Waals surface area contributed by atoms with E-state index in [0.717, 1.165) is 12.8 Å². The normalized spacial score (nSPS) is 19.6. The minimum absolute atomic E-state index is 0.117. The number of carbonyl (C=O) groups is 2. The average Bonchev–Trinajstić information content (AvgIpc) is 3.46. The molecule has 44 heavy (non-hydrogen) atoms. The lowest BCUT2D eigenvalue weighted by molar-refractivity contribution is 0.0555. The van der Waals surface area contributed by atoms with Crippen molar-refractivity contribution in [1.29, 1.82) is 5.26 Å². The molecule has 6 rings (SSSR count). The van der Waals surface area contributed by atoms with Gasteiger partial charge in [-0.05, 0) is 86.6 Å². The van der Waals surface area contributed by atoms with Crippen LogP contribution in [0.15, 0.2) is 54.7 Å². The van der Waals surface area contributed by atoms with Crippen molar-refractivity contribution in [2.75, 3.05) is 0 Å². The van der Waals surface area contributed by atoms with Crippen molar-refractivity contribution in [2.45, 2.75) is 69.8 Å². The quantitative estimate of drug-likeness (QED) is 0.261. The molecule has 2 unspecified atom stereocenters. The van der Waals surface area contributed by atoms with Gasteiger partial charge in [-0.1, -0.05) is 12.1 Å². The first-order chi connectivity index (χ1) is 20.9. The molecule has 2 fully saturated rings. The van der Waals surface area contributed by atoms with Gasteiger partial charge in [0.05, 0.1) is 29.4 Å². The molecule has 4 aromatic rings. The molecule has 2 atom stereocenters. The Hall–Kier alpha value is -4.82. The monoisotopic (exact) mass is 599 g/mol. The van der Waals surface area contributed by atoms with Crippen LogP contribution in [0.3, 0.4) is 0 Å². The highest BCUT2D eigenvalue weighted by Gasteiger charge is 2.44. The lowest BCUT2D eigenvalue weighted by Crippen LogP contribution is -2.52. The molecule has 0 saturated carbocycles. The van der Waals surface area contributed by atoms with E-state index in [2.05, 4.69) is 10.4 Å². The Kier molecular flexibility index (Phi) is 7.33. The van der Waals surface area contributed by atoms with Gasteiger partial charge in [0.15, 0.2) is 0 Å². The fourth-order valence-corrected chi connectivity index (χ4v) is 6.67. The van der Waals surface area contributed by atoms with Crippen molar-refractivity contribution in [3.63, 3.8) is 0 Å². The number of nitrogens with zero attached hydrogens (tertiary/aromatic N) is 4. The van der Waals surface area contributed by atoms with Crippen LogP contribution in [-0.4, -0.2) is 60.6 Å². The first-order valence-corrected chi connectivity index (χ1v) is 14.5. The summed E-state index contributed by atoms with van der Waals surface area (Å²) in [6.45, 7) is 3.43. The number of hydrogen-bond acceptors (Lipinski definition) is 5. The van der Waals surface area contributed by atoms with Crippen molar-refractivity contribution in [3.05, 3.63) is 77.5 Å². The van der Waals surface area contributed by atoms with E-state index < -0.39 is 23.3 Å². The van der Waals surface area contributed by atoms with Crippen LogP contribution in [0.2, 0.25) is 0 Å². The Labute approximate surface area is 252 Å². The van der Waals surface area contributed by atoms with Crippen LogP contribution in [0.1, 0.15) is 55.5 Å². The smallest absolute Gasteiger partial charge is 0.404 e. The summed E-state index contributed by atoms with van der Waals surface area (Å²) in [5, 5.41) is 36.2. The largest absolute Gasteiger partial charge is 0.465 e. The topological polar surface area (TPSA) is 131 Å². The number of carboxylic acid groups (broad SMARTS) is 1. The molecule has 2 bridgehead atoms. The van der Waals surface area contributed by atoms with Crippen LogP contribution in [0.4, 0.5) is 13.6 Å². The summed E-state index contributed by atoms with van der Waals surface area (Å²) in [5.74, 6) is -1.52. The Morgan fingerprint density at radius 2 is 1.75 bits per heavy atom. The van der Waals surface area contributed by atoms with Gasteiger partial charge in [-0.25, -0.2) is 13.6 Å². The van der Waals surface area contributed by atoms with E-state index in [9.17, 15) is 24.3 Å². The van der Waals surface area contributed by atoms with Gasteiger partial charge in [0.1, 0.15) is 17.7 Å². The van der Waals surface area contributed by atoms with Crippen LogP contribution in [0.5, 0.6) is 0 Å². The van der Waals surface area contributed by atoms with Gasteiger partial charge in [0.2, 0.25) is 0 Å². The maximum Gasteiger partial charge on any atom is 0.404 e. The van der Waals surface area contributed by atoms with Crippen LogP contribution in [0.25, 0.3) is 33.2 Å². The Balaban J connectivity index is 1.42. The molecular weight excluding hydrogens is 568 g/mol. The SMILES string of the molecule is CC(C)(O)Cn1ncc2cc(-c3ccc(C(=O)N4C5CCC4CC(NC(=O)O)C5)cc3-c3ccc(C#N)c(F)c3)c(F)cc21. The zero-order valence-corrected chi connectivity index (χ0v) is 24.2. The Bertz CT molecular complexity index is 1830. The van der Waals surface area contributed by atoms with Crippen LogP contribution in [-0.2, 0) is 6.54 Å². The molecule has 1 aromatic heterocycles. The zero-order valence-electron chi connectivity index (χ0n) is 24.2. The van der Waals surface area contributed by atoms with E-state index in [4.69, 9.17) is 5.11 Å². The second-order valence-electron chi connectivity index (χ2n) is 12.3. The molecule has 3 aromatic carbocycles. The molecule has 0 radical (unpaired) electrons. The summed E-state index contributed by atoms with van der Waals surface area (Å²) in [4.78, 5) is 26.9. The van der Waals surface area contributed by atoms with Crippen molar-refractivity contribution < 1.29 is 28.6 Å². The molecule has 9 nitrogen and oxygen atoms in total. The summed E-state index contributed by atoms with van der Waals surface area (Å²) < 4.78 is 32.2. The molecule has 2 saturated heterocycles. The predicted octanol–water partition coefficient (Wildman–Crippen LogP) is 5.69. The second kappa shape index (κ2) is 11.0. The van der Waals surface area contributed by atoms with E-state index in [1.54, 1.807) is 50.4 Å². The van der Waals surface area contributed by atoms with Gasteiger partial charge in [-0.3, -0.25) is 9.48 Å². The van der Waals surface area contributed by atoms with Gasteiger partial charge in [-0.2, -0.15) is 10.4 Å². The number of hydrogen-bond donors (Lipinski definition) is 3. The summed E-state index contributed by atoms with van der Waals surface area (Å²) in [5.41, 5.74) is 1.07. The van der Waals surface area contributed by atoms with Gasteiger partial charge in [0, 0.05) is 40.7 Å². The molecule has 3 N–H and O–H groups in total. The van der Waals surface area contributed by atoms with E-state index >= 15 is 4.39 Å². The third kappa shape index (κ3) is 5.49. The average molecular weight is 600 g/mol. The van der Waals surface area contributed by atoms with E-state index in [-0.39, 0.29) is 41.7 Å². The lowest BCUT2D eigenvalue weighted by Gasteiger charge is -2.39. The molecule has 226 valence electrons. The molecule has 3 heterocycles. The van der Waals surface area contributed by atoms with Crippen molar-refractivity contribution in [2.24, 2.45) is 0 Å². The number of benzene rings is 3. The van der Waals surface area contributed by atoms with E-state index in [0.29, 0.717) is 46.0 Å². The van der Waals surface area contributed by atoms with E-state index in [1.807, 2.05) is 11.0 Å². The first-order valence-electron chi connectivity index (χ1n) is 14.5. The molecule has 11 heteroatoms. The van der Waals surface area contributed by atoms with Crippen molar-refractivity contribution in [3.8, 4) is 28.3 Å². The number of carbonyl (C=O) groups excluding carboxylic acids is 1. The summed E-state index contributed by atoms with van der Waals surface area (Å²) in [6, 6.07) is 13.4. The van der Waals surface area contributed by atoms with Crippen LogP contribution >= 0.6 is 0 Å². The molecule has 0 aliphatic carbocycles. The molecule has 2 aliphatic heterocycles. The number of halogens is 2. The van der Waals surface area contributed by atoms with Gasteiger partial charge < -0.3 is 20.4 Å². The number of aliphatic hydroxyl groups is 1. The van der Waals surface area contributed by atoms with Gasteiger partial charge >= 0.3 is 6.09 Å². The summed E-state index contributed by atoms with van der Waals surface area (Å²) in [6.07, 6.45) is 3.08. The third-order valence-corrected chi connectivity index (χ3v) is 8.52. The number of nitrogens with one attached hydrogen (secondary N) is 1. The fourth-order valence-electron chi connectivity index (χ4n) is 6.67. The summed E-state index contributed by atoms with van der Waals surface area (Å²) in [7, 11) is 0. The van der Waals surface area contributed by atoms with Crippen LogP contribution in [0, 0.1) is 23.0 Å². The molecular formula is C33H31F2N5O4. The number of rotatable bonds is 6. The fraction of sp³-hybridized carbons (Fsp3) is 0.333. The minimum Gasteiger partial charge on any atom is -0.465 e. The molecule has 0 spiro atoms. The minimum atomic E-state index is -1.08. The number of piperidine rings is 1. The first kappa shape index (κ1) is 29.3. The number of amides is 2. The highest BCUT2D eigenvalue weighted by molar-refractivity contribution is 5.99. The van der Waals surface area contributed by atoms with Crippen LogP contribution < -0.4 is 5.32 Å². The maximum atomic E-state index is 15.8. The number of nitriles is 1. The maximum absolute atomic E-state index is 15.8. The standard InChI is InChI=1S/C33H31F2N5O4/c1-33(2,44)17-39-30-14-29(35)27(10-21(30)16-37-39)25-8-5-19(9-26(25)18-3-4-20(15-36)28(34)11-18)31(41)40-23-6-7-24(40)13-22(12-23)38-32(42)43/h3-5,8-11,14,16,22-24,38,44H,6-7,12-13,17H2,1-2H3,(H,42,43). The van der Waals surface area contributed by atoms with Crippen molar-refractivity contribution in [1.82, 2.24) is 20.0 Å². The Morgan fingerprint density at radius 1 is 1.02 bits per heavy atom. The van der Waals surface area contributed by atoms with Gasteiger partial charge in [0.25, 0.3) is 5.91 Å². The van der Waals surface area contributed by atoms with Gasteiger partial charge in [-0.15, -0.1) is 0 Å². The Morgan fingerprint density at radius 3 is 2.39 bits per heavy atom. The molecule has 2 amide bonds. The van der Waals surface area contributed by atoms with E-state index in [1.165, 1.54) is 22.9 Å². The number of fused-ring (bicyclic) bond motifs is 3. The number of aromatic nitrogens is 2. The summed E-state index contributed by atoms with van der Waals surface area (Å²) >= 11 is 0. The third-order valence-electron chi connectivity index (χ3n) is 8.52. The highest BCUT2D eigenvalue weighted by atomic mass is 19.1. The highest BCUT2D eigenvalue weighted by Crippen LogP contribution is 2.40. The van der Waals surface area contributed by atoms with Crippen molar-refractivity contribution >= 4 is 22.9 Å². The predicted molar refractivity (Wildman–Crippen MR) is 159 cm³/mol. The lowest BCUT2D eigenvalue weighted by atomic mass is 9.90. The molecule has 2 aliphatic rings. The second-order valence-corrected chi connectivity index (χ2v) is 12.3.